The maximum absolute atomic E-state index is 13.2. The largest absolute Gasteiger partial charge is 0.480 e. The summed E-state index contributed by atoms with van der Waals surface area (Å²) in [5.74, 6) is -4.26. The molecule has 180 valence electrons. The minimum atomic E-state index is -1.45. The molecule has 0 bridgehead atoms. The molecule has 0 unspecified atom stereocenters. The zero-order valence-electron chi connectivity index (χ0n) is 18.0. The number of amides is 4. The second kappa shape index (κ2) is 11.9. The number of nitrogens with two attached hydrogens (primary N) is 2. The number of benzene rings is 1. The Kier molecular flexibility index (Phi) is 9.30. The van der Waals surface area contributed by atoms with Crippen molar-refractivity contribution in [3.05, 3.63) is 35.9 Å². The van der Waals surface area contributed by atoms with E-state index in [9.17, 15) is 34.2 Å². The average molecular weight is 463 g/mol. The highest BCUT2D eigenvalue weighted by Gasteiger charge is 2.38. The molecule has 0 aliphatic carbocycles. The summed E-state index contributed by atoms with van der Waals surface area (Å²) < 4.78 is 0. The fraction of sp³-hybridized carbons (Fsp3) is 0.476. The zero-order chi connectivity index (χ0) is 24.5. The number of aliphatic hydroxyl groups is 1. The van der Waals surface area contributed by atoms with Crippen LogP contribution in [0.25, 0.3) is 0 Å². The number of likely N-dealkylation sites (tertiary alicyclic amines) is 1. The Hall–Kier alpha value is -3.51. The van der Waals surface area contributed by atoms with E-state index in [4.69, 9.17) is 11.5 Å². The number of hydrogen-bond donors (Lipinski definition) is 6. The van der Waals surface area contributed by atoms with Gasteiger partial charge in [0.15, 0.2) is 0 Å². The van der Waals surface area contributed by atoms with E-state index in [2.05, 4.69) is 10.6 Å². The molecule has 12 nitrogen and oxygen atoms in total. The number of aliphatic carboxylic acids is 1. The first-order valence-electron chi connectivity index (χ1n) is 10.5. The van der Waals surface area contributed by atoms with Crippen LogP contribution in [0, 0.1) is 0 Å². The van der Waals surface area contributed by atoms with Gasteiger partial charge in [-0.3, -0.25) is 19.2 Å². The molecule has 1 aromatic carbocycles. The molecule has 0 spiro atoms. The Morgan fingerprint density at radius 2 is 1.70 bits per heavy atom. The molecular formula is C21H29N5O7. The van der Waals surface area contributed by atoms with Crippen LogP contribution in [-0.4, -0.2) is 82.0 Å². The molecule has 1 saturated heterocycles. The van der Waals surface area contributed by atoms with Crippen molar-refractivity contribution in [1.82, 2.24) is 15.5 Å². The predicted molar refractivity (Wildman–Crippen MR) is 115 cm³/mol. The second-order valence-corrected chi connectivity index (χ2v) is 7.80. The molecule has 1 aliphatic heterocycles. The van der Waals surface area contributed by atoms with Crippen molar-refractivity contribution in [2.45, 2.75) is 49.9 Å². The van der Waals surface area contributed by atoms with Gasteiger partial charge in [0.2, 0.25) is 23.6 Å². The van der Waals surface area contributed by atoms with Crippen molar-refractivity contribution in [3.63, 3.8) is 0 Å². The molecule has 4 atom stereocenters. The smallest absolute Gasteiger partial charge is 0.326 e. The third kappa shape index (κ3) is 7.26. The quantitative estimate of drug-likeness (QED) is 0.206. The van der Waals surface area contributed by atoms with Crippen LogP contribution in [0.1, 0.15) is 24.8 Å². The van der Waals surface area contributed by atoms with Gasteiger partial charge in [-0.05, 0) is 18.4 Å². The lowest BCUT2D eigenvalue weighted by Gasteiger charge is -2.28. The summed E-state index contributed by atoms with van der Waals surface area (Å²) in [6, 6.07) is 3.91. The molecule has 1 aromatic rings. The zero-order valence-corrected chi connectivity index (χ0v) is 18.0. The summed E-state index contributed by atoms with van der Waals surface area (Å²) in [5, 5.41) is 23.7. The lowest BCUT2D eigenvalue weighted by Crippen LogP contribution is -2.58. The molecule has 2 rings (SSSR count). The van der Waals surface area contributed by atoms with Crippen LogP contribution in [0.5, 0.6) is 0 Å². The summed E-state index contributed by atoms with van der Waals surface area (Å²) in [7, 11) is 0. The van der Waals surface area contributed by atoms with Crippen LogP contribution in [0.2, 0.25) is 0 Å². The van der Waals surface area contributed by atoms with E-state index in [0.717, 1.165) is 5.56 Å². The monoisotopic (exact) mass is 463 g/mol. The molecule has 1 heterocycles. The lowest BCUT2D eigenvalue weighted by molar-refractivity contribution is -0.149. The highest BCUT2D eigenvalue weighted by Crippen LogP contribution is 2.19. The normalized spacial score (nSPS) is 18.1. The number of nitrogens with zero attached hydrogens (tertiary/aromatic N) is 1. The Bertz CT molecular complexity index is 879. The molecular weight excluding hydrogens is 434 g/mol. The molecule has 0 saturated carbocycles. The van der Waals surface area contributed by atoms with E-state index in [1.54, 1.807) is 30.3 Å². The van der Waals surface area contributed by atoms with Crippen LogP contribution < -0.4 is 22.1 Å². The summed E-state index contributed by atoms with van der Waals surface area (Å²) >= 11 is 0. The van der Waals surface area contributed by atoms with Crippen LogP contribution in [0.3, 0.4) is 0 Å². The first-order chi connectivity index (χ1) is 15.6. The second-order valence-electron chi connectivity index (χ2n) is 7.80. The summed E-state index contributed by atoms with van der Waals surface area (Å²) in [6.45, 7) is -0.562. The SMILES string of the molecule is NC(=O)C[C@H](N)C(=O)N[C@@H](CO)C(=O)N[C@@H](Cc1ccccc1)C(=O)N1CCC[C@@H]1C(=O)O. The fourth-order valence-corrected chi connectivity index (χ4v) is 3.59. The van der Waals surface area contributed by atoms with E-state index in [0.29, 0.717) is 12.8 Å². The van der Waals surface area contributed by atoms with Crippen molar-refractivity contribution in [2.24, 2.45) is 11.5 Å². The fourth-order valence-electron chi connectivity index (χ4n) is 3.59. The van der Waals surface area contributed by atoms with E-state index >= 15 is 0 Å². The number of carbonyl (C=O) groups excluding carboxylic acids is 4. The number of nitrogens with one attached hydrogen (secondary N) is 2. The highest BCUT2D eigenvalue weighted by molar-refractivity contribution is 5.95. The number of rotatable bonds is 11. The number of carbonyl (C=O) groups is 5. The van der Waals surface area contributed by atoms with E-state index < -0.39 is 66.8 Å². The van der Waals surface area contributed by atoms with Gasteiger partial charge in [0.05, 0.1) is 19.1 Å². The molecule has 4 amide bonds. The molecule has 8 N–H and O–H groups in total. The molecule has 1 aliphatic rings. The van der Waals surface area contributed by atoms with Crippen molar-refractivity contribution < 1.29 is 34.2 Å². The van der Waals surface area contributed by atoms with Gasteiger partial charge in [0.25, 0.3) is 0 Å². The maximum Gasteiger partial charge on any atom is 0.326 e. The minimum Gasteiger partial charge on any atom is -0.480 e. The lowest BCUT2D eigenvalue weighted by atomic mass is 10.0. The van der Waals surface area contributed by atoms with Crippen LogP contribution in [0.15, 0.2) is 30.3 Å². The van der Waals surface area contributed by atoms with E-state index in [1.807, 2.05) is 0 Å². The van der Waals surface area contributed by atoms with E-state index in [-0.39, 0.29) is 13.0 Å². The van der Waals surface area contributed by atoms with E-state index in [1.165, 1.54) is 4.90 Å². The van der Waals surface area contributed by atoms with Crippen LogP contribution in [-0.2, 0) is 30.4 Å². The van der Waals surface area contributed by atoms with Crippen molar-refractivity contribution in [1.29, 1.82) is 0 Å². The highest BCUT2D eigenvalue weighted by atomic mass is 16.4. The number of hydrogen-bond acceptors (Lipinski definition) is 7. The first-order valence-corrected chi connectivity index (χ1v) is 10.5. The van der Waals surface area contributed by atoms with Crippen molar-refractivity contribution >= 4 is 29.6 Å². The van der Waals surface area contributed by atoms with Crippen molar-refractivity contribution in [3.8, 4) is 0 Å². The minimum absolute atomic E-state index is 0.0710. The molecule has 0 aromatic heterocycles. The number of primary amides is 1. The van der Waals surface area contributed by atoms with Crippen LogP contribution in [0.4, 0.5) is 0 Å². The number of carboxylic acids is 1. The Labute approximate surface area is 190 Å². The maximum atomic E-state index is 13.2. The summed E-state index contributed by atoms with van der Waals surface area (Å²) in [6.07, 6.45) is 0.440. The third-order valence-electron chi connectivity index (χ3n) is 5.29. The Morgan fingerprint density at radius 1 is 1.06 bits per heavy atom. The van der Waals surface area contributed by atoms with Crippen LogP contribution >= 0.6 is 0 Å². The van der Waals surface area contributed by atoms with Crippen molar-refractivity contribution in [2.75, 3.05) is 13.2 Å². The summed E-state index contributed by atoms with van der Waals surface area (Å²) in [4.78, 5) is 61.8. The van der Waals surface area contributed by atoms with Gasteiger partial charge >= 0.3 is 5.97 Å². The first kappa shape index (κ1) is 25.7. The molecule has 12 heteroatoms. The predicted octanol–water partition coefficient (Wildman–Crippen LogP) is -2.53. The van der Waals surface area contributed by atoms with Gasteiger partial charge in [-0.2, -0.15) is 0 Å². The van der Waals surface area contributed by atoms with Gasteiger partial charge in [-0.1, -0.05) is 30.3 Å². The molecule has 33 heavy (non-hydrogen) atoms. The molecule has 1 fully saturated rings. The Morgan fingerprint density at radius 3 is 2.27 bits per heavy atom. The Balaban J connectivity index is 2.17. The standard InChI is InChI=1S/C21H29N5O7/c22-13(10-17(23)28)18(29)25-15(11-27)19(30)24-14(9-12-5-2-1-3-6-12)20(31)26-8-4-7-16(26)21(32)33/h1-3,5-6,13-16,27H,4,7-11,22H2,(H2,23,28)(H,24,30)(H,25,29)(H,32,33)/t13-,14-,15-,16+/m0/s1. The summed E-state index contributed by atoms with van der Waals surface area (Å²) in [5.41, 5.74) is 11.3. The average Bonchev–Trinajstić information content (AvgIpc) is 3.26. The van der Waals surface area contributed by atoms with Gasteiger partial charge in [-0.15, -0.1) is 0 Å². The van der Waals surface area contributed by atoms with Gasteiger partial charge in [0.1, 0.15) is 18.1 Å². The number of carboxylic acid groups (broad SMARTS) is 1. The van der Waals surface area contributed by atoms with Gasteiger partial charge in [0, 0.05) is 13.0 Å². The molecule has 0 radical (unpaired) electrons. The van der Waals surface area contributed by atoms with Gasteiger partial charge < -0.3 is 37.2 Å². The van der Waals surface area contributed by atoms with Gasteiger partial charge in [-0.25, -0.2) is 4.79 Å². The number of aliphatic hydroxyl groups excluding tert-OH is 1. The third-order valence-corrected chi connectivity index (χ3v) is 5.29. The topological polar surface area (TPSA) is 205 Å².